The van der Waals surface area contributed by atoms with Crippen LogP contribution < -0.4 is 5.73 Å². The quantitative estimate of drug-likeness (QED) is 0.785. The van der Waals surface area contributed by atoms with Gasteiger partial charge in [0, 0.05) is 19.3 Å². The maximum absolute atomic E-state index is 5.57. The highest BCUT2D eigenvalue weighted by Crippen LogP contribution is 2.15. The molecule has 0 amide bonds. The largest absolute Gasteiger partial charge is 0.378 e. The van der Waals surface area contributed by atoms with E-state index in [2.05, 4.69) is 11.3 Å². The fraction of sp³-hybridized carbons (Fsp3) is 0.727. The SMILES string of the molecule is NCCc1cnn(CCC2CCCO2)c1. The molecule has 2 rings (SSSR count). The molecule has 1 aliphatic heterocycles. The molecule has 4 nitrogen and oxygen atoms in total. The summed E-state index contributed by atoms with van der Waals surface area (Å²) in [5.74, 6) is 0. The van der Waals surface area contributed by atoms with Crippen LogP contribution in [0, 0.1) is 0 Å². The Morgan fingerprint density at radius 1 is 1.60 bits per heavy atom. The van der Waals surface area contributed by atoms with Gasteiger partial charge in [0.1, 0.15) is 0 Å². The molecule has 0 spiro atoms. The summed E-state index contributed by atoms with van der Waals surface area (Å²) in [5.41, 5.74) is 6.71. The molecule has 0 saturated carbocycles. The summed E-state index contributed by atoms with van der Waals surface area (Å²) in [7, 11) is 0. The van der Waals surface area contributed by atoms with Crippen molar-refractivity contribution >= 4 is 0 Å². The topological polar surface area (TPSA) is 53.1 Å². The second kappa shape index (κ2) is 5.28. The molecule has 1 aromatic heterocycles. The van der Waals surface area contributed by atoms with Gasteiger partial charge in [0.05, 0.1) is 12.3 Å². The van der Waals surface area contributed by atoms with E-state index in [1.807, 2.05) is 10.9 Å². The summed E-state index contributed by atoms with van der Waals surface area (Å²) < 4.78 is 7.56. The van der Waals surface area contributed by atoms with E-state index in [9.17, 15) is 0 Å². The van der Waals surface area contributed by atoms with Gasteiger partial charge in [0.2, 0.25) is 0 Å². The van der Waals surface area contributed by atoms with Crippen LogP contribution in [-0.2, 0) is 17.7 Å². The molecule has 1 aliphatic rings. The van der Waals surface area contributed by atoms with Gasteiger partial charge in [-0.05, 0) is 37.8 Å². The highest BCUT2D eigenvalue weighted by molar-refractivity contribution is 5.04. The second-order valence-electron chi connectivity index (χ2n) is 4.07. The Morgan fingerprint density at radius 2 is 2.53 bits per heavy atom. The number of ether oxygens (including phenoxy) is 1. The van der Waals surface area contributed by atoms with Gasteiger partial charge in [-0.3, -0.25) is 4.68 Å². The van der Waals surface area contributed by atoms with Crippen molar-refractivity contribution in [2.45, 2.75) is 38.3 Å². The van der Waals surface area contributed by atoms with Crippen LogP contribution in [0.15, 0.2) is 12.4 Å². The van der Waals surface area contributed by atoms with Crippen LogP contribution in [0.5, 0.6) is 0 Å². The normalized spacial score (nSPS) is 21.0. The van der Waals surface area contributed by atoms with Crippen LogP contribution >= 0.6 is 0 Å². The third-order valence-electron chi connectivity index (χ3n) is 2.82. The van der Waals surface area contributed by atoms with Crippen molar-refractivity contribution in [2.24, 2.45) is 5.73 Å². The van der Waals surface area contributed by atoms with Gasteiger partial charge in [-0.15, -0.1) is 0 Å². The first kappa shape index (κ1) is 10.6. The first-order valence-electron chi connectivity index (χ1n) is 5.71. The summed E-state index contributed by atoms with van der Waals surface area (Å²) in [4.78, 5) is 0. The van der Waals surface area contributed by atoms with E-state index < -0.39 is 0 Å². The van der Waals surface area contributed by atoms with Crippen LogP contribution in [0.4, 0.5) is 0 Å². The average Bonchev–Trinajstić information content (AvgIpc) is 2.85. The molecule has 1 fully saturated rings. The predicted octanol–water partition coefficient (Wildman–Crippen LogP) is 0.953. The number of aromatic nitrogens is 2. The third-order valence-corrected chi connectivity index (χ3v) is 2.82. The van der Waals surface area contributed by atoms with Crippen molar-refractivity contribution in [1.29, 1.82) is 0 Å². The first-order chi connectivity index (χ1) is 7.38. The Balaban J connectivity index is 1.77. The Kier molecular flexibility index (Phi) is 3.75. The smallest absolute Gasteiger partial charge is 0.0593 e. The van der Waals surface area contributed by atoms with Gasteiger partial charge in [-0.1, -0.05) is 0 Å². The lowest BCUT2D eigenvalue weighted by molar-refractivity contribution is 0.0994. The molecule has 2 N–H and O–H groups in total. The van der Waals surface area contributed by atoms with Crippen LogP contribution in [-0.4, -0.2) is 29.0 Å². The van der Waals surface area contributed by atoms with E-state index in [1.165, 1.54) is 18.4 Å². The van der Waals surface area contributed by atoms with E-state index in [0.717, 1.165) is 26.0 Å². The molecule has 1 saturated heterocycles. The number of nitrogens with zero attached hydrogens (tertiary/aromatic N) is 2. The second-order valence-corrected chi connectivity index (χ2v) is 4.07. The summed E-state index contributed by atoms with van der Waals surface area (Å²) in [5, 5.41) is 4.30. The minimum Gasteiger partial charge on any atom is -0.378 e. The molecule has 0 bridgehead atoms. The van der Waals surface area contributed by atoms with Gasteiger partial charge in [0.15, 0.2) is 0 Å². The average molecular weight is 209 g/mol. The molecule has 1 aromatic rings. The van der Waals surface area contributed by atoms with Gasteiger partial charge in [-0.25, -0.2) is 0 Å². The summed E-state index contributed by atoms with van der Waals surface area (Å²) in [6, 6.07) is 0. The van der Waals surface area contributed by atoms with E-state index in [1.54, 1.807) is 0 Å². The minimum atomic E-state index is 0.451. The molecular formula is C11H19N3O. The molecular weight excluding hydrogens is 190 g/mol. The maximum atomic E-state index is 5.57. The fourth-order valence-electron chi connectivity index (χ4n) is 1.97. The lowest BCUT2D eigenvalue weighted by Crippen LogP contribution is -2.10. The zero-order valence-electron chi connectivity index (χ0n) is 9.06. The maximum Gasteiger partial charge on any atom is 0.0593 e. The van der Waals surface area contributed by atoms with Crippen molar-refractivity contribution < 1.29 is 4.74 Å². The molecule has 84 valence electrons. The number of hydrogen-bond donors (Lipinski definition) is 1. The standard InChI is InChI=1S/C11H19N3O/c12-5-3-10-8-13-14(9-10)6-4-11-2-1-7-15-11/h8-9,11H,1-7,12H2. The number of nitrogens with two attached hydrogens (primary N) is 1. The lowest BCUT2D eigenvalue weighted by atomic mass is 10.2. The Hall–Kier alpha value is -0.870. The highest BCUT2D eigenvalue weighted by Gasteiger charge is 2.15. The van der Waals surface area contributed by atoms with Crippen molar-refractivity contribution in [2.75, 3.05) is 13.2 Å². The number of aryl methyl sites for hydroxylation is 1. The van der Waals surface area contributed by atoms with E-state index in [-0.39, 0.29) is 0 Å². The van der Waals surface area contributed by atoms with Crippen molar-refractivity contribution in [1.82, 2.24) is 9.78 Å². The van der Waals surface area contributed by atoms with Gasteiger partial charge in [0.25, 0.3) is 0 Å². The number of hydrogen-bond acceptors (Lipinski definition) is 3. The Labute approximate surface area is 90.4 Å². The molecule has 1 unspecified atom stereocenters. The van der Waals surface area contributed by atoms with Crippen LogP contribution in [0.2, 0.25) is 0 Å². The Morgan fingerprint density at radius 3 is 3.27 bits per heavy atom. The van der Waals surface area contributed by atoms with E-state index in [4.69, 9.17) is 10.5 Å². The van der Waals surface area contributed by atoms with E-state index in [0.29, 0.717) is 12.6 Å². The van der Waals surface area contributed by atoms with Gasteiger partial charge < -0.3 is 10.5 Å². The van der Waals surface area contributed by atoms with Gasteiger partial charge in [-0.2, -0.15) is 5.10 Å². The predicted molar refractivity (Wildman–Crippen MR) is 58.6 cm³/mol. The third kappa shape index (κ3) is 3.04. The zero-order chi connectivity index (χ0) is 10.5. The molecule has 2 heterocycles. The number of rotatable bonds is 5. The lowest BCUT2D eigenvalue weighted by Gasteiger charge is -2.08. The Bertz CT molecular complexity index is 292. The van der Waals surface area contributed by atoms with Gasteiger partial charge >= 0.3 is 0 Å². The van der Waals surface area contributed by atoms with Crippen LogP contribution in [0.25, 0.3) is 0 Å². The van der Waals surface area contributed by atoms with Crippen molar-refractivity contribution in [3.63, 3.8) is 0 Å². The first-order valence-corrected chi connectivity index (χ1v) is 5.71. The van der Waals surface area contributed by atoms with Crippen LogP contribution in [0.3, 0.4) is 0 Å². The molecule has 15 heavy (non-hydrogen) atoms. The van der Waals surface area contributed by atoms with Crippen molar-refractivity contribution in [3.05, 3.63) is 18.0 Å². The fourth-order valence-corrected chi connectivity index (χ4v) is 1.97. The van der Waals surface area contributed by atoms with Crippen LogP contribution in [0.1, 0.15) is 24.8 Å². The molecule has 0 radical (unpaired) electrons. The summed E-state index contributed by atoms with van der Waals surface area (Å²) >= 11 is 0. The molecule has 0 aromatic carbocycles. The summed E-state index contributed by atoms with van der Waals surface area (Å²) in [6.45, 7) is 2.58. The molecule has 0 aliphatic carbocycles. The minimum absolute atomic E-state index is 0.451. The summed E-state index contributed by atoms with van der Waals surface area (Å²) in [6.07, 6.45) is 8.85. The molecule has 1 atom stereocenters. The zero-order valence-corrected chi connectivity index (χ0v) is 9.06. The monoisotopic (exact) mass is 209 g/mol. The van der Waals surface area contributed by atoms with Crippen molar-refractivity contribution in [3.8, 4) is 0 Å². The molecule has 4 heteroatoms. The van der Waals surface area contributed by atoms with E-state index >= 15 is 0 Å². The highest BCUT2D eigenvalue weighted by atomic mass is 16.5.